The molecule has 0 aliphatic heterocycles. The van der Waals surface area contributed by atoms with Gasteiger partial charge in [-0.1, -0.05) is 0 Å². The van der Waals surface area contributed by atoms with Crippen molar-refractivity contribution in [1.82, 2.24) is 20.5 Å². The molecule has 0 spiro atoms. The lowest BCUT2D eigenvalue weighted by Crippen LogP contribution is -2.30. The molecule has 0 unspecified atom stereocenters. The van der Waals surface area contributed by atoms with Crippen LogP contribution in [-0.4, -0.2) is 34.2 Å². The first-order valence-electron chi connectivity index (χ1n) is 4.99. The Morgan fingerprint density at radius 2 is 2.33 bits per heavy atom. The molecule has 1 aliphatic rings. The van der Waals surface area contributed by atoms with Crippen LogP contribution < -0.4 is 10.6 Å². The van der Waals surface area contributed by atoms with Crippen LogP contribution in [0.4, 0.5) is 5.95 Å². The van der Waals surface area contributed by atoms with E-state index in [0.29, 0.717) is 6.54 Å². The molecule has 0 saturated heterocycles. The fraction of sp³-hybridized carbons (Fsp3) is 0.556. The van der Waals surface area contributed by atoms with Gasteiger partial charge in [0.25, 0.3) is 0 Å². The minimum absolute atomic E-state index is 0.136. The molecule has 0 radical (unpaired) electrons. The van der Waals surface area contributed by atoms with Gasteiger partial charge in [-0.05, 0) is 25.3 Å². The van der Waals surface area contributed by atoms with E-state index in [-0.39, 0.29) is 11.9 Å². The number of carbonyl (C=O) groups is 1. The minimum atomic E-state index is -0.136. The summed E-state index contributed by atoms with van der Waals surface area (Å²) >= 11 is 0. The summed E-state index contributed by atoms with van der Waals surface area (Å²) in [5.74, 6) is 0.881. The van der Waals surface area contributed by atoms with Gasteiger partial charge in [0, 0.05) is 0 Å². The van der Waals surface area contributed by atoms with Crippen molar-refractivity contribution in [2.24, 2.45) is 5.92 Å². The predicted octanol–water partition coefficient (Wildman–Crippen LogP) is -0.190. The molecule has 6 nitrogen and oxygen atoms in total. The van der Waals surface area contributed by atoms with E-state index in [4.69, 9.17) is 0 Å². The Balaban J connectivity index is 1.67. The maximum absolute atomic E-state index is 11.3. The molecule has 1 amide bonds. The topological polar surface area (TPSA) is 79.8 Å². The molecule has 15 heavy (non-hydrogen) atoms. The van der Waals surface area contributed by atoms with Gasteiger partial charge in [0.15, 0.2) is 0 Å². The van der Waals surface area contributed by atoms with E-state index >= 15 is 0 Å². The third-order valence-corrected chi connectivity index (χ3v) is 2.15. The zero-order valence-corrected chi connectivity index (χ0v) is 8.31. The summed E-state index contributed by atoms with van der Waals surface area (Å²) in [6.07, 6.45) is 5.50. The molecule has 80 valence electrons. The minimum Gasteiger partial charge on any atom is -0.308 e. The molecule has 0 atom stereocenters. The maximum atomic E-state index is 11.3. The molecular formula is C9H13N5O. The summed E-state index contributed by atoms with van der Waals surface area (Å²) in [6, 6.07) is 0. The van der Waals surface area contributed by atoms with Crippen molar-refractivity contribution >= 4 is 11.9 Å². The van der Waals surface area contributed by atoms with Crippen molar-refractivity contribution < 1.29 is 4.79 Å². The highest BCUT2D eigenvalue weighted by Crippen LogP contribution is 2.27. The van der Waals surface area contributed by atoms with Crippen LogP contribution in [0.15, 0.2) is 12.4 Å². The molecule has 1 aliphatic carbocycles. The highest BCUT2D eigenvalue weighted by Gasteiger charge is 2.20. The van der Waals surface area contributed by atoms with Gasteiger partial charge in [-0.15, -0.1) is 5.10 Å². The standard InChI is InChI=1S/C9H13N5O/c15-8(6-10-5-7-1-2-7)13-9-11-3-4-12-14-9/h3-4,7,10H,1-2,5-6H2,(H,11,13,14,15). The second kappa shape index (κ2) is 4.79. The molecular weight excluding hydrogens is 194 g/mol. The largest absolute Gasteiger partial charge is 0.308 e. The first-order valence-corrected chi connectivity index (χ1v) is 4.99. The fourth-order valence-electron chi connectivity index (χ4n) is 1.19. The normalized spacial score (nSPS) is 14.9. The molecule has 2 rings (SSSR count). The van der Waals surface area contributed by atoms with Crippen LogP contribution in [-0.2, 0) is 4.79 Å². The molecule has 6 heteroatoms. The second-order valence-electron chi connectivity index (χ2n) is 3.59. The van der Waals surface area contributed by atoms with E-state index in [2.05, 4.69) is 25.8 Å². The van der Waals surface area contributed by atoms with E-state index in [1.807, 2.05) is 0 Å². The highest BCUT2D eigenvalue weighted by atomic mass is 16.2. The van der Waals surface area contributed by atoms with E-state index in [1.54, 1.807) is 0 Å². The van der Waals surface area contributed by atoms with E-state index in [9.17, 15) is 4.79 Å². The Kier molecular flexibility index (Phi) is 3.18. The van der Waals surface area contributed by atoms with Crippen molar-refractivity contribution in [3.05, 3.63) is 12.4 Å². The van der Waals surface area contributed by atoms with Gasteiger partial charge >= 0.3 is 0 Å². The average molecular weight is 207 g/mol. The Morgan fingerprint density at radius 1 is 1.47 bits per heavy atom. The number of rotatable bonds is 5. The Morgan fingerprint density at radius 3 is 3.00 bits per heavy atom. The number of amides is 1. The summed E-state index contributed by atoms with van der Waals surface area (Å²) in [6.45, 7) is 1.22. The van der Waals surface area contributed by atoms with E-state index < -0.39 is 0 Å². The Labute approximate surface area is 87.5 Å². The maximum Gasteiger partial charge on any atom is 0.249 e. The predicted molar refractivity (Wildman–Crippen MR) is 54.1 cm³/mol. The molecule has 1 saturated carbocycles. The van der Waals surface area contributed by atoms with E-state index in [1.165, 1.54) is 25.2 Å². The van der Waals surface area contributed by atoms with Gasteiger partial charge in [-0.25, -0.2) is 4.98 Å². The van der Waals surface area contributed by atoms with Gasteiger partial charge in [-0.2, -0.15) is 5.10 Å². The van der Waals surface area contributed by atoms with Gasteiger partial charge in [0.2, 0.25) is 11.9 Å². The lowest BCUT2D eigenvalue weighted by molar-refractivity contribution is -0.115. The zero-order chi connectivity index (χ0) is 10.5. The molecule has 2 N–H and O–H groups in total. The molecule has 1 aromatic heterocycles. The van der Waals surface area contributed by atoms with Crippen LogP contribution in [0.3, 0.4) is 0 Å². The zero-order valence-electron chi connectivity index (χ0n) is 8.31. The van der Waals surface area contributed by atoms with Crippen LogP contribution in [0.5, 0.6) is 0 Å². The number of hydrogen-bond donors (Lipinski definition) is 2. The SMILES string of the molecule is O=C(CNCC1CC1)Nc1nccnn1. The third kappa shape index (κ3) is 3.59. The number of anilines is 1. The van der Waals surface area contributed by atoms with Gasteiger partial charge < -0.3 is 5.32 Å². The van der Waals surface area contributed by atoms with Crippen molar-refractivity contribution in [3.63, 3.8) is 0 Å². The van der Waals surface area contributed by atoms with Crippen molar-refractivity contribution in [2.75, 3.05) is 18.4 Å². The molecule has 1 fully saturated rings. The van der Waals surface area contributed by atoms with Crippen molar-refractivity contribution in [1.29, 1.82) is 0 Å². The van der Waals surface area contributed by atoms with Gasteiger partial charge in [0.05, 0.1) is 18.9 Å². The van der Waals surface area contributed by atoms with Crippen LogP contribution in [0.2, 0.25) is 0 Å². The van der Waals surface area contributed by atoms with Crippen LogP contribution in [0.25, 0.3) is 0 Å². The summed E-state index contributed by atoms with van der Waals surface area (Å²) < 4.78 is 0. The van der Waals surface area contributed by atoms with Gasteiger partial charge in [0.1, 0.15) is 0 Å². The summed E-state index contributed by atoms with van der Waals surface area (Å²) in [5, 5.41) is 12.9. The lowest BCUT2D eigenvalue weighted by Gasteiger charge is -2.03. The lowest BCUT2D eigenvalue weighted by atomic mass is 10.4. The molecule has 0 bridgehead atoms. The van der Waals surface area contributed by atoms with Crippen LogP contribution in [0.1, 0.15) is 12.8 Å². The third-order valence-electron chi connectivity index (χ3n) is 2.15. The van der Waals surface area contributed by atoms with Crippen molar-refractivity contribution in [3.8, 4) is 0 Å². The second-order valence-corrected chi connectivity index (χ2v) is 3.59. The van der Waals surface area contributed by atoms with Crippen molar-refractivity contribution in [2.45, 2.75) is 12.8 Å². The number of aromatic nitrogens is 3. The van der Waals surface area contributed by atoms with Crippen LogP contribution >= 0.6 is 0 Å². The first-order chi connectivity index (χ1) is 7.34. The van der Waals surface area contributed by atoms with E-state index in [0.717, 1.165) is 12.5 Å². The summed E-state index contributed by atoms with van der Waals surface area (Å²) in [4.78, 5) is 15.2. The fourth-order valence-corrected chi connectivity index (χ4v) is 1.19. The molecule has 1 heterocycles. The number of nitrogens with zero attached hydrogens (tertiary/aromatic N) is 3. The first kappa shape index (κ1) is 9.97. The summed E-state index contributed by atoms with van der Waals surface area (Å²) in [5.41, 5.74) is 0. The number of carbonyl (C=O) groups excluding carboxylic acids is 1. The molecule has 0 aromatic carbocycles. The Hall–Kier alpha value is -1.56. The molecule has 1 aromatic rings. The number of hydrogen-bond acceptors (Lipinski definition) is 5. The Bertz CT molecular complexity index is 325. The average Bonchev–Trinajstić information content (AvgIpc) is 3.03. The highest BCUT2D eigenvalue weighted by molar-refractivity contribution is 5.90. The number of nitrogens with one attached hydrogen (secondary N) is 2. The van der Waals surface area contributed by atoms with Gasteiger partial charge in [-0.3, -0.25) is 10.1 Å². The smallest absolute Gasteiger partial charge is 0.249 e. The summed E-state index contributed by atoms with van der Waals surface area (Å²) in [7, 11) is 0. The van der Waals surface area contributed by atoms with Crippen LogP contribution in [0, 0.1) is 5.92 Å². The monoisotopic (exact) mass is 207 g/mol. The quantitative estimate of drug-likeness (QED) is 0.699.